The number of likely N-dealkylation sites (N-methyl/N-ethyl adjacent to an activating group) is 1. The quantitative estimate of drug-likeness (QED) is 0.230. The molecule has 0 aromatic carbocycles. The van der Waals surface area contributed by atoms with Gasteiger partial charge < -0.3 is 39.0 Å². The topological polar surface area (TPSA) is 163 Å². The van der Waals surface area contributed by atoms with Gasteiger partial charge in [-0.15, -0.1) is 22.7 Å². The maximum Gasteiger partial charge on any atom is 0.408 e. The monoisotopic (exact) mass is 821 g/mol. The van der Waals surface area contributed by atoms with Gasteiger partial charge in [-0.1, -0.05) is 32.9 Å². The van der Waals surface area contributed by atoms with Gasteiger partial charge in [-0.3, -0.25) is 14.4 Å². The molecule has 3 saturated heterocycles. The minimum Gasteiger partial charge on any atom is -0.458 e. The van der Waals surface area contributed by atoms with Crippen LogP contribution in [0.15, 0.2) is 29.8 Å². The molecule has 3 aliphatic heterocycles. The number of ketones is 2. The van der Waals surface area contributed by atoms with Crippen LogP contribution in [0, 0.1) is 17.8 Å². The van der Waals surface area contributed by atoms with Crippen LogP contribution in [0.25, 0.3) is 16.0 Å². The minimum absolute atomic E-state index is 0.103. The summed E-state index contributed by atoms with van der Waals surface area (Å²) in [6, 6.07) is 2.47. The number of halogens is 1. The van der Waals surface area contributed by atoms with Gasteiger partial charge in [0.1, 0.15) is 23.1 Å². The zero-order valence-corrected chi connectivity index (χ0v) is 35.4. The standard InChI is InChI=1S/C40H56FN3O10S2/c1-11-28-40(8)31(43-37(49)54-40)24(5)32(47)38(6,41)20-39(7,50-16-12-14-25-19-42-34(56-25)27-15-13-17-55-27)33(22(3)29(45)23(4)35(48)52-28)53-36-30(46)26(44(9)10)18-21(2)51-36/h12-15,17,19,21-24,26,28,30-31,33,36,46H,11,16,18,20H2,1-10H3,(H,43,49)/b14-12+/t21-,22+,23-,24-,26+,28-,30-,31+,33-,36+,38+,39-,40-/m1/s1. The second kappa shape index (κ2) is 17.4. The molecule has 0 spiro atoms. The van der Waals surface area contributed by atoms with Crippen LogP contribution in [0.3, 0.4) is 0 Å². The lowest BCUT2D eigenvalue weighted by atomic mass is 9.72. The summed E-state index contributed by atoms with van der Waals surface area (Å²) in [6.07, 6.45) is -0.766. The van der Waals surface area contributed by atoms with E-state index < -0.39 is 95.3 Å². The van der Waals surface area contributed by atoms with Crippen LogP contribution in [0.4, 0.5) is 9.18 Å². The van der Waals surface area contributed by atoms with Crippen molar-refractivity contribution < 1.29 is 52.4 Å². The fourth-order valence-electron chi connectivity index (χ4n) is 8.43. The highest BCUT2D eigenvalue weighted by Gasteiger charge is 2.59. The maximum absolute atomic E-state index is 17.5. The number of cyclic esters (lactones) is 1. The lowest BCUT2D eigenvalue weighted by Crippen LogP contribution is -2.62. The second-order valence-electron chi connectivity index (χ2n) is 16.2. The molecular weight excluding hydrogens is 766 g/mol. The van der Waals surface area contributed by atoms with Gasteiger partial charge in [0.05, 0.1) is 35.3 Å². The molecule has 3 aliphatic rings. The lowest BCUT2D eigenvalue weighted by molar-refractivity contribution is -0.297. The molecule has 2 aromatic heterocycles. The summed E-state index contributed by atoms with van der Waals surface area (Å²) in [5.74, 6) is -6.01. The Kier molecular flexibility index (Phi) is 13.7. The zero-order chi connectivity index (χ0) is 41.3. The summed E-state index contributed by atoms with van der Waals surface area (Å²) in [5.41, 5.74) is -5.94. The number of nitrogens with zero attached hydrogens (tertiary/aromatic N) is 2. The number of aliphatic hydroxyl groups is 1. The van der Waals surface area contributed by atoms with E-state index in [-0.39, 0.29) is 25.2 Å². The van der Waals surface area contributed by atoms with Gasteiger partial charge in [-0.2, -0.15) is 0 Å². The number of thiophene rings is 1. The van der Waals surface area contributed by atoms with Crippen molar-refractivity contribution in [3.63, 3.8) is 0 Å². The Morgan fingerprint density at radius 3 is 2.48 bits per heavy atom. The first-order chi connectivity index (χ1) is 26.2. The molecule has 0 bridgehead atoms. The molecule has 5 heterocycles. The SMILES string of the molecule is CC[C@H]1OC(=O)[C@H](C)C(=O)[C@H](C)[C@@H](O[C@@H]2O[C@H](C)C[C@H](N(C)C)[C@H]2O)[C@](C)(OC/C=C/c2cnc(-c3cccs3)s2)C[C@](C)(F)C(=O)[C@H](C)[C@@H]2NC(=O)O[C@]12C. The van der Waals surface area contributed by atoms with Crippen LogP contribution in [-0.4, -0.2) is 119 Å². The first-order valence-electron chi connectivity index (χ1n) is 19.1. The average Bonchev–Trinajstić information content (AvgIpc) is 3.91. The van der Waals surface area contributed by atoms with Crippen LogP contribution in [-0.2, 0) is 38.1 Å². The van der Waals surface area contributed by atoms with Crippen molar-refractivity contribution in [1.82, 2.24) is 15.2 Å². The molecule has 0 aliphatic carbocycles. The third-order valence-electron chi connectivity index (χ3n) is 11.5. The number of Topliss-reactive ketones (excluding diaryl/α,β-unsaturated/α-hetero) is 2. The molecule has 0 saturated carbocycles. The number of carbonyl (C=O) groups excluding carboxylic acids is 4. The van der Waals surface area contributed by atoms with Gasteiger partial charge in [-0.05, 0) is 79.1 Å². The first-order valence-corrected chi connectivity index (χ1v) is 20.8. The van der Waals surface area contributed by atoms with Gasteiger partial charge in [0.2, 0.25) is 0 Å². The first kappa shape index (κ1) is 44.0. The Morgan fingerprint density at radius 2 is 1.84 bits per heavy atom. The summed E-state index contributed by atoms with van der Waals surface area (Å²) in [6.45, 7) is 12.1. The van der Waals surface area contributed by atoms with Crippen molar-refractivity contribution in [2.24, 2.45) is 17.8 Å². The molecule has 2 aromatic rings. The average molecular weight is 822 g/mol. The van der Waals surface area contributed by atoms with E-state index in [1.54, 1.807) is 44.4 Å². The van der Waals surface area contributed by atoms with Crippen molar-refractivity contribution in [3.05, 3.63) is 34.7 Å². The highest BCUT2D eigenvalue weighted by atomic mass is 32.1. The fraction of sp³-hybridized carbons (Fsp3) is 0.675. The zero-order valence-electron chi connectivity index (χ0n) is 33.8. The van der Waals surface area contributed by atoms with Crippen LogP contribution in [0.5, 0.6) is 0 Å². The molecule has 13 atom stereocenters. The van der Waals surface area contributed by atoms with Gasteiger partial charge in [0.15, 0.2) is 29.1 Å². The summed E-state index contributed by atoms with van der Waals surface area (Å²) in [4.78, 5) is 63.5. The van der Waals surface area contributed by atoms with Crippen molar-refractivity contribution in [3.8, 4) is 9.88 Å². The highest BCUT2D eigenvalue weighted by Crippen LogP contribution is 2.42. The molecule has 16 heteroatoms. The number of ether oxygens (including phenoxy) is 5. The Hall–Kier alpha value is -3.12. The van der Waals surface area contributed by atoms with Gasteiger partial charge in [0, 0.05) is 35.4 Å². The van der Waals surface area contributed by atoms with Crippen molar-refractivity contribution >= 4 is 52.4 Å². The molecule has 3 fully saturated rings. The van der Waals surface area contributed by atoms with Gasteiger partial charge in [0.25, 0.3) is 0 Å². The van der Waals surface area contributed by atoms with Crippen molar-refractivity contribution in [2.75, 3.05) is 20.7 Å². The number of hydrogen-bond donors (Lipinski definition) is 2. The van der Waals surface area contributed by atoms with Crippen LogP contribution in [0.1, 0.15) is 79.5 Å². The van der Waals surface area contributed by atoms with E-state index in [2.05, 4.69) is 10.3 Å². The number of alkyl halides is 1. The smallest absolute Gasteiger partial charge is 0.408 e. The Balaban J connectivity index is 1.57. The second-order valence-corrected chi connectivity index (χ2v) is 18.2. The number of carbonyl (C=O) groups is 4. The summed E-state index contributed by atoms with van der Waals surface area (Å²) >= 11 is 3.06. The largest absolute Gasteiger partial charge is 0.458 e. The van der Waals surface area contributed by atoms with Crippen LogP contribution < -0.4 is 5.32 Å². The summed E-state index contributed by atoms with van der Waals surface area (Å²) < 4.78 is 48.3. The number of nitrogens with one attached hydrogen (secondary N) is 1. The number of fused-ring (bicyclic) bond motifs is 1. The number of thiazole rings is 1. The van der Waals surface area contributed by atoms with Crippen molar-refractivity contribution in [2.45, 2.75) is 134 Å². The number of rotatable bonds is 9. The number of alkyl carbamates (subject to hydrolysis) is 1. The molecule has 13 nitrogen and oxygen atoms in total. The predicted octanol–water partition coefficient (Wildman–Crippen LogP) is 5.84. The maximum atomic E-state index is 17.5. The normalized spacial score (nSPS) is 38.9. The van der Waals surface area contributed by atoms with E-state index in [0.717, 1.165) is 21.7 Å². The molecule has 2 N–H and O–H groups in total. The number of amides is 1. The molecule has 5 rings (SSSR count). The minimum atomic E-state index is -2.62. The summed E-state index contributed by atoms with van der Waals surface area (Å²) in [5, 5.41) is 17.0. The molecule has 310 valence electrons. The van der Waals surface area contributed by atoms with E-state index >= 15 is 4.39 Å². The molecule has 0 radical (unpaired) electrons. The van der Waals surface area contributed by atoms with Gasteiger partial charge in [-0.25, -0.2) is 14.2 Å². The number of hydrogen-bond acceptors (Lipinski definition) is 14. The Morgan fingerprint density at radius 1 is 1.12 bits per heavy atom. The van der Waals surface area contributed by atoms with Crippen LogP contribution >= 0.6 is 22.7 Å². The highest BCUT2D eigenvalue weighted by molar-refractivity contribution is 7.21. The number of aromatic nitrogens is 1. The molecular formula is C40H56FN3O10S2. The van der Waals surface area contributed by atoms with E-state index in [4.69, 9.17) is 23.7 Å². The van der Waals surface area contributed by atoms with Gasteiger partial charge >= 0.3 is 12.1 Å². The van der Waals surface area contributed by atoms with E-state index in [0.29, 0.717) is 6.42 Å². The number of aliphatic hydroxyl groups excluding tert-OH is 1. The van der Waals surface area contributed by atoms with Crippen LogP contribution in [0.2, 0.25) is 0 Å². The van der Waals surface area contributed by atoms with Crippen molar-refractivity contribution in [1.29, 1.82) is 0 Å². The van der Waals surface area contributed by atoms with E-state index in [1.165, 1.54) is 32.1 Å². The Bertz CT molecular complexity index is 1750. The lowest BCUT2D eigenvalue weighted by Gasteiger charge is -2.48. The number of esters is 1. The molecule has 56 heavy (non-hydrogen) atoms. The third-order valence-corrected chi connectivity index (χ3v) is 13.5. The summed E-state index contributed by atoms with van der Waals surface area (Å²) in [7, 11) is 3.65. The molecule has 1 amide bonds. The van der Waals surface area contributed by atoms with E-state index in [1.807, 2.05) is 49.5 Å². The third kappa shape index (κ3) is 9.11. The fourth-order valence-corrected chi connectivity index (χ4v) is 10.1. The van der Waals surface area contributed by atoms with E-state index in [9.17, 15) is 24.3 Å². The molecule has 0 unspecified atom stereocenters. The predicted molar refractivity (Wildman–Crippen MR) is 210 cm³/mol. The Labute approximate surface area is 336 Å².